The topological polar surface area (TPSA) is 119 Å². The van der Waals surface area contributed by atoms with Crippen molar-refractivity contribution < 1.29 is 27.5 Å². The Morgan fingerprint density at radius 1 is 1.26 bits per heavy atom. The predicted octanol–water partition coefficient (Wildman–Crippen LogP) is 0.0510. The molecule has 1 fully saturated rings. The Morgan fingerprint density at radius 2 is 1.96 bits per heavy atom. The zero-order chi connectivity index (χ0) is 19.9. The van der Waals surface area contributed by atoms with Gasteiger partial charge in [-0.1, -0.05) is 30.3 Å². The summed E-state index contributed by atoms with van der Waals surface area (Å²) in [7, 11) is -3.10. The lowest BCUT2D eigenvalue weighted by atomic mass is 10.2. The van der Waals surface area contributed by atoms with Gasteiger partial charge in [-0.2, -0.15) is 0 Å². The van der Waals surface area contributed by atoms with E-state index in [0.717, 1.165) is 5.56 Å². The van der Waals surface area contributed by atoms with Gasteiger partial charge >= 0.3 is 5.97 Å². The van der Waals surface area contributed by atoms with Crippen LogP contribution in [0.15, 0.2) is 36.4 Å². The lowest BCUT2D eigenvalue weighted by Gasteiger charge is -2.14. The van der Waals surface area contributed by atoms with Gasteiger partial charge in [-0.15, -0.1) is 0 Å². The lowest BCUT2D eigenvalue weighted by molar-refractivity contribution is -0.151. The van der Waals surface area contributed by atoms with Crippen molar-refractivity contribution in [3.05, 3.63) is 42.0 Å². The summed E-state index contributed by atoms with van der Waals surface area (Å²) in [4.78, 5) is 35.4. The minimum absolute atomic E-state index is 0.0390. The molecular weight excluding hydrogens is 372 g/mol. The van der Waals surface area contributed by atoms with Gasteiger partial charge in [0.15, 0.2) is 16.4 Å². The van der Waals surface area contributed by atoms with E-state index in [1.165, 1.54) is 13.0 Å². The van der Waals surface area contributed by atoms with Crippen LogP contribution in [0.2, 0.25) is 0 Å². The molecule has 1 aliphatic rings. The fraction of sp³-hybridized carbons (Fsp3) is 0.389. The number of ether oxygens (including phenoxy) is 1. The number of carbonyl (C=O) groups is 3. The Hall–Kier alpha value is -2.68. The Labute approximate surface area is 157 Å². The molecule has 1 aromatic rings. The summed E-state index contributed by atoms with van der Waals surface area (Å²) >= 11 is 0. The number of rotatable bonds is 7. The van der Waals surface area contributed by atoms with Crippen molar-refractivity contribution in [2.75, 3.05) is 18.1 Å². The second-order valence-corrected chi connectivity index (χ2v) is 8.48. The summed E-state index contributed by atoms with van der Waals surface area (Å²) in [6.07, 6.45) is 3.26. The van der Waals surface area contributed by atoms with Crippen LogP contribution in [-0.2, 0) is 29.0 Å². The van der Waals surface area contributed by atoms with Gasteiger partial charge in [-0.3, -0.25) is 9.59 Å². The average Bonchev–Trinajstić information content (AvgIpc) is 2.97. The van der Waals surface area contributed by atoms with Crippen LogP contribution in [0.25, 0.3) is 6.08 Å². The molecule has 8 nitrogen and oxygen atoms in total. The number of benzene rings is 1. The molecule has 1 aliphatic heterocycles. The highest BCUT2D eigenvalue weighted by molar-refractivity contribution is 7.91. The number of sulfone groups is 1. The smallest absolute Gasteiger partial charge is 0.328 e. The van der Waals surface area contributed by atoms with Gasteiger partial charge in [0.05, 0.1) is 11.5 Å². The largest absolute Gasteiger partial charge is 0.454 e. The summed E-state index contributed by atoms with van der Waals surface area (Å²) in [5.41, 5.74) is 0.841. The number of amides is 2. The van der Waals surface area contributed by atoms with Crippen molar-refractivity contribution in [1.82, 2.24) is 10.6 Å². The summed E-state index contributed by atoms with van der Waals surface area (Å²) in [6, 6.07) is 7.80. The summed E-state index contributed by atoms with van der Waals surface area (Å²) in [5, 5.41) is 4.96. The molecule has 27 heavy (non-hydrogen) atoms. The second-order valence-electron chi connectivity index (χ2n) is 6.25. The molecule has 2 rings (SSSR count). The van der Waals surface area contributed by atoms with E-state index in [1.54, 1.807) is 6.08 Å². The third-order valence-electron chi connectivity index (χ3n) is 3.88. The van der Waals surface area contributed by atoms with E-state index in [1.807, 2.05) is 30.3 Å². The predicted molar refractivity (Wildman–Crippen MR) is 99.2 cm³/mol. The van der Waals surface area contributed by atoms with E-state index in [4.69, 9.17) is 4.74 Å². The molecule has 146 valence electrons. The van der Waals surface area contributed by atoms with Gasteiger partial charge in [0.25, 0.3) is 5.91 Å². The Bertz CT molecular complexity index is 820. The molecular formula is C18H22N2O6S. The minimum Gasteiger partial charge on any atom is -0.454 e. The van der Waals surface area contributed by atoms with Crippen LogP contribution < -0.4 is 10.6 Å². The van der Waals surface area contributed by atoms with Crippen molar-refractivity contribution >= 4 is 33.7 Å². The van der Waals surface area contributed by atoms with E-state index in [-0.39, 0.29) is 11.5 Å². The number of hydrogen-bond acceptors (Lipinski definition) is 6. The summed E-state index contributed by atoms with van der Waals surface area (Å²) < 4.78 is 27.5. The number of esters is 1. The number of nitrogens with one attached hydrogen (secondary N) is 2. The van der Waals surface area contributed by atoms with Gasteiger partial charge in [0.1, 0.15) is 6.04 Å². The monoisotopic (exact) mass is 394 g/mol. The van der Waals surface area contributed by atoms with E-state index >= 15 is 0 Å². The van der Waals surface area contributed by atoms with Crippen molar-refractivity contribution in [2.45, 2.75) is 25.4 Å². The third-order valence-corrected chi connectivity index (χ3v) is 5.65. The molecule has 1 heterocycles. The van der Waals surface area contributed by atoms with Gasteiger partial charge < -0.3 is 15.4 Å². The quantitative estimate of drug-likeness (QED) is 0.498. The molecule has 1 aromatic carbocycles. The maximum atomic E-state index is 11.9. The first-order valence-corrected chi connectivity index (χ1v) is 10.3. The van der Waals surface area contributed by atoms with Crippen LogP contribution in [0, 0.1) is 0 Å². The zero-order valence-electron chi connectivity index (χ0n) is 14.9. The first kappa shape index (κ1) is 20.6. The molecule has 1 saturated heterocycles. The van der Waals surface area contributed by atoms with Crippen molar-refractivity contribution in [2.24, 2.45) is 0 Å². The van der Waals surface area contributed by atoms with Crippen LogP contribution in [0.1, 0.15) is 18.9 Å². The first-order valence-electron chi connectivity index (χ1n) is 8.45. The maximum Gasteiger partial charge on any atom is 0.328 e. The molecule has 0 spiro atoms. The second kappa shape index (κ2) is 9.31. The Morgan fingerprint density at radius 3 is 2.59 bits per heavy atom. The minimum atomic E-state index is -3.10. The van der Waals surface area contributed by atoms with Gasteiger partial charge in [-0.05, 0) is 25.0 Å². The summed E-state index contributed by atoms with van der Waals surface area (Å²) in [6.45, 7) is 0.910. The van der Waals surface area contributed by atoms with Crippen molar-refractivity contribution in [3.8, 4) is 0 Å². The van der Waals surface area contributed by atoms with Gasteiger partial charge in [-0.25, -0.2) is 13.2 Å². The number of hydrogen-bond donors (Lipinski definition) is 2. The molecule has 2 amide bonds. The van der Waals surface area contributed by atoms with E-state index < -0.39 is 46.3 Å². The highest BCUT2D eigenvalue weighted by atomic mass is 32.2. The fourth-order valence-electron chi connectivity index (χ4n) is 2.50. The van der Waals surface area contributed by atoms with E-state index in [2.05, 4.69) is 10.6 Å². The maximum absolute atomic E-state index is 11.9. The Kier molecular flexibility index (Phi) is 7.12. The van der Waals surface area contributed by atoms with E-state index in [0.29, 0.717) is 6.42 Å². The SMILES string of the molecule is C[C@H](NC(=O)/C=C/c1ccccc1)C(=O)OCC(=O)N[C@@H]1CCS(=O)(=O)C1. The fourth-order valence-corrected chi connectivity index (χ4v) is 4.17. The van der Waals surface area contributed by atoms with Crippen LogP contribution in [0.5, 0.6) is 0 Å². The summed E-state index contributed by atoms with van der Waals surface area (Å²) in [5.74, 6) is -1.87. The Balaban J connectivity index is 1.71. The zero-order valence-corrected chi connectivity index (χ0v) is 15.7. The van der Waals surface area contributed by atoms with Crippen LogP contribution in [0.4, 0.5) is 0 Å². The molecule has 2 atom stereocenters. The molecule has 0 saturated carbocycles. The van der Waals surface area contributed by atoms with E-state index in [9.17, 15) is 22.8 Å². The molecule has 9 heteroatoms. The van der Waals surface area contributed by atoms with Gasteiger partial charge in [0, 0.05) is 12.1 Å². The molecule has 0 radical (unpaired) electrons. The third kappa shape index (κ3) is 7.22. The standard InChI is InChI=1S/C18H22N2O6S/c1-13(19-16(21)8-7-14-5-3-2-4-6-14)18(23)26-11-17(22)20-15-9-10-27(24,25)12-15/h2-8,13,15H,9-12H2,1H3,(H,19,21)(H,20,22)/b8-7+/t13-,15+/m0/s1. The molecule has 0 aromatic heterocycles. The van der Waals surface area contributed by atoms with Crippen molar-refractivity contribution in [3.63, 3.8) is 0 Å². The highest BCUT2D eigenvalue weighted by Crippen LogP contribution is 2.11. The normalized spacial score (nSPS) is 19.4. The van der Waals surface area contributed by atoms with Crippen LogP contribution in [0.3, 0.4) is 0 Å². The molecule has 0 aliphatic carbocycles. The van der Waals surface area contributed by atoms with Crippen LogP contribution in [-0.4, -0.2) is 56.4 Å². The van der Waals surface area contributed by atoms with Crippen LogP contribution >= 0.6 is 0 Å². The highest BCUT2D eigenvalue weighted by Gasteiger charge is 2.29. The molecule has 0 unspecified atom stereocenters. The number of carbonyl (C=O) groups excluding carboxylic acids is 3. The van der Waals surface area contributed by atoms with Gasteiger partial charge in [0.2, 0.25) is 5.91 Å². The molecule has 2 N–H and O–H groups in total. The molecule has 0 bridgehead atoms. The van der Waals surface area contributed by atoms with Crippen molar-refractivity contribution in [1.29, 1.82) is 0 Å². The average molecular weight is 394 g/mol. The first-order chi connectivity index (χ1) is 12.7. The lowest BCUT2D eigenvalue weighted by Crippen LogP contribution is -2.42.